The molecule has 3 N–H and O–H groups in total. The van der Waals surface area contributed by atoms with Gasteiger partial charge in [0.2, 0.25) is 5.91 Å². The van der Waals surface area contributed by atoms with Crippen molar-refractivity contribution in [2.45, 2.75) is 45.3 Å². The molecule has 0 spiro atoms. The van der Waals surface area contributed by atoms with Crippen LogP contribution < -0.4 is 15.4 Å². The Morgan fingerprint density at radius 1 is 1.45 bits per heavy atom. The van der Waals surface area contributed by atoms with Crippen LogP contribution in [0, 0.1) is 5.92 Å². The molecule has 1 aromatic rings. The van der Waals surface area contributed by atoms with Gasteiger partial charge in [-0.25, -0.2) is 0 Å². The summed E-state index contributed by atoms with van der Waals surface area (Å²) in [5.74, 6) is 0.873. The second-order valence-corrected chi connectivity index (χ2v) is 6.03. The predicted octanol–water partition coefficient (Wildman–Crippen LogP) is 2.47. The molecule has 0 bridgehead atoms. The summed E-state index contributed by atoms with van der Waals surface area (Å²) >= 11 is 0. The standard InChI is InChI=1S/C17H26N2O3/c1-11(18-10-14-5-4-6-16(14)21)13-7-8-17(22-3)15(9-13)19-12(2)20/h7-9,11,14,16,18,21H,4-6,10H2,1-3H3,(H,19,20). The van der Waals surface area contributed by atoms with E-state index in [4.69, 9.17) is 4.74 Å². The van der Waals surface area contributed by atoms with Gasteiger partial charge in [0.1, 0.15) is 5.75 Å². The lowest BCUT2D eigenvalue weighted by Crippen LogP contribution is -2.29. The van der Waals surface area contributed by atoms with Gasteiger partial charge in [0, 0.05) is 19.5 Å². The maximum atomic E-state index is 11.3. The number of rotatable bonds is 6. The molecular formula is C17H26N2O3. The molecule has 0 aromatic heterocycles. The highest BCUT2D eigenvalue weighted by Gasteiger charge is 2.25. The zero-order valence-electron chi connectivity index (χ0n) is 13.6. The number of nitrogens with one attached hydrogen (secondary N) is 2. The fraction of sp³-hybridized carbons (Fsp3) is 0.588. The number of aliphatic hydroxyl groups excluding tert-OH is 1. The summed E-state index contributed by atoms with van der Waals surface area (Å²) in [5.41, 5.74) is 1.76. The van der Waals surface area contributed by atoms with Gasteiger partial charge in [0.05, 0.1) is 18.9 Å². The fourth-order valence-corrected chi connectivity index (χ4v) is 2.98. The van der Waals surface area contributed by atoms with Crippen LogP contribution >= 0.6 is 0 Å². The van der Waals surface area contributed by atoms with E-state index in [0.29, 0.717) is 17.4 Å². The van der Waals surface area contributed by atoms with Crippen LogP contribution in [-0.2, 0) is 4.79 Å². The Morgan fingerprint density at radius 2 is 2.23 bits per heavy atom. The van der Waals surface area contributed by atoms with Gasteiger partial charge in [0.25, 0.3) is 0 Å². The Labute approximate surface area is 132 Å². The first-order chi connectivity index (χ1) is 10.5. The Bertz CT molecular complexity index is 519. The molecule has 0 radical (unpaired) electrons. The van der Waals surface area contributed by atoms with E-state index in [9.17, 15) is 9.90 Å². The van der Waals surface area contributed by atoms with Crippen LogP contribution in [0.1, 0.15) is 44.7 Å². The third-order valence-electron chi connectivity index (χ3n) is 4.34. The molecule has 0 heterocycles. The third kappa shape index (κ3) is 4.21. The minimum absolute atomic E-state index is 0.120. The SMILES string of the molecule is COc1ccc(C(C)NCC2CCCC2O)cc1NC(C)=O. The Balaban J connectivity index is 2.02. The number of benzene rings is 1. The molecule has 1 aromatic carbocycles. The molecule has 1 saturated carbocycles. The number of hydrogen-bond donors (Lipinski definition) is 3. The smallest absolute Gasteiger partial charge is 0.221 e. The van der Waals surface area contributed by atoms with E-state index in [1.54, 1.807) is 7.11 Å². The maximum Gasteiger partial charge on any atom is 0.221 e. The van der Waals surface area contributed by atoms with Gasteiger partial charge >= 0.3 is 0 Å². The minimum Gasteiger partial charge on any atom is -0.495 e. The average molecular weight is 306 g/mol. The number of anilines is 1. The van der Waals surface area contributed by atoms with Gasteiger partial charge in [0.15, 0.2) is 0 Å². The van der Waals surface area contributed by atoms with Crippen LogP contribution in [-0.4, -0.2) is 30.8 Å². The highest BCUT2D eigenvalue weighted by Crippen LogP contribution is 2.29. The molecule has 2 rings (SSSR count). The third-order valence-corrected chi connectivity index (χ3v) is 4.34. The first kappa shape index (κ1) is 16.8. The lowest BCUT2D eigenvalue weighted by molar-refractivity contribution is -0.114. The highest BCUT2D eigenvalue weighted by molar-refractivity contribution is 5.90. The topological polar surface area (TPSA) is 70.6 Å². The normalized spacial score (nSPS) is 22.4. The molecule has 5 nitrogen and oxygen atoms in total. The predicted molar refractivity (Wildman–Crippen MR) is 87.1 cm³/mol. The van der Waals surface area contributed by atoms with Crippen LogP contribution in [0.15, 0.2) is 18.2 Å². The monoisotopic (exact) mass is 306 g/mol. The van der Waals surface area contributed by atoms with E-state index >= 15 is 0 Å². The number of carbonyl (C=O) groups is 1. The van der Waals surface area contributed by atoms with E-state index < -0.39 is 0 Å². The summed E-state index contributed by atoms with van der Waals surface area (Å²) in [5, 5.41) is 16.1. The van der Waals surface area contributed by atoms with Gasteiger partial charge < -0.3 is 20.5 Å². The zero-order chi connectivity index (χ0) is 16.1. The first-order valence-corrected chi connectivity index (χ1v) is 7.88. The fourth-order valence-electron chi connectivity index (χ4n) is 2.98. The second-order valence-electron chi connectivity index (χ2n) is 6.03. The van der Waals surface area contributed by atoms with Crippen molar-refractivity contribution in [3.05, 3.63) is 23.8 Å². The lowest BCUT2D eigenvalue weighted by atomic mass is 10.0. The van der Waals surface area contributed by atoms with Crippen LogP contribution in [0.5, 0.6) is 5.75 Å². The lowest BCUT2D eigenvalue weighted by Gasteiger charge is -2.21. The molecular weight excluding hydrogens is 280 g/mol. The summed E-state index contributed by atoms with van der Waals surface area (Å²) in [7, 11) is 1.59. The van der Waals surface area contributed by atoms with Crippen molar-refractivity contribution in [3.63, 3.8) is 0 Å². The van der Waals surface area contributed by atoms with E-state index in [1.807, 2.05) is 18.2 Å². The molecule has 0 saturated heterocycles. The number of ether oxygens (including phenoxy) is 1. The van der Waals surface area contributed by atoms with Crippen molar-refractivity contribution in [1.29, 1.82) is 0 Å². The van der Waals surface area contributed by atoms with E-state index in [1.165, 1.54) is 6.92 Å². The van der Waals surface area contributed by atoms with E-state index in [2.05, 4.69) is 17.6 Å². The van der Waals surface area contributed by atoms with Gasteiger partial charge in [-0.3, -0.25) is 4.79 Å². The number of methoxy groups -OCH3 is 1. The first-order valence-electron chi connectivity index (χ1n) is 7.88. The quantitative estimate of drug-likeness (QED) is 0.755. The summed E-state index contributed by atoms with van der Waals surface area (Å²) in [6.07, 6.45) is 2.93. The van der Waals surface area contributed by atoms with Crippen LogP contribution in [0.2, 0.25) is 0 Å². The molecule has 1 aliphatic carbocycles. The van der Waals surface area contributed by atoms with Crippen LogP contribution in [0.4, 0.5) is 5.69 Å². The minimum atomic E-state index is -0.175. The zero-order valence-corrected chi connectivity index (χ0v) is 13.6. The Kier molecular flexibility index (Phi) is 5.80. The van der Waals surface area contributed by atoms with Gasteiger partial charge in [-0.05, 0) is 43.4 Å². The summed E-state index contributed by atoms with van der Waals surface area (Å²) < 4.78 is 5.27. The van der Waals surface area contributed by atoms with Crippen molar-refractivity contribution in [2.24, 2.45) is 5.92 Å². The van der Waals surface area contributed by atoms with Gasteiger partial charge in [-0.1, -0.05) is 12.5 Å². The molecule has 122 valence electrons. The molecule has 3 unspecified atom stereocenters. The Hall–Kier alpha value is -1.59. The molecule has 1 amide bonds. The van der Waals surface area contributed by atoms with Crippen molar-refractivity contribution in [1.82, 2.24) is 5.32 Å². The van der Waals surface area contributed by atoms with E-state index in [0.717, 1.165) is 31.4 Å². The summed E-state index contributed by atoms with van der Waals surface area (Å²) in [6.45, 7) is 4.37. The molecule has 5 heteroatoms. The molecule has 1 aliphatic rings. The molecule has 3 atom stereocenters. The number of amides is 1. The number of hydrogen-bond acceptors (Lipinski definition) is 4. The number of carbonyl (C=O) groups excluding carboxylic acids is 1. The Morgan fingerprint density at radius 3 is 2.82 bits per heavy atom. The van der Waals surface area contributed by atoms with Crippen LogP contribution in [0.3, 0.4) is 0 Å². The molecule has 22 heavy (non-hydrogen) atoms. The van der Waals surface area contributed by atoms with Crippen molar-refractivity contribution < 1.29 is 14.6 Å². The molecule has 1 fully saturated rings. The van der Waals surface area contributed by atoms with Crippen molar-refractivity contribution in [2.75, 3.05) is 19.0 Å². The van der Waals surface area contributed by atoms with Crippen LogP contribution in [0.25, 0.3) is 0 Å². The van der Waals surface area contributed by atoms with Gasteiger partial charge in [-0.15, -0.1) is 0 Å². The van der Waals surface area contributed by atoms with Gasteiger partial charge in [-0.2, -0.15) is 0 Å². The van der Waals surface area contributed by atoms with E-state index in [-0.39, 0.29) is 18.1 Å². The summed E-state index contributed by atoms with van der Waals surface area (Å²) in [6, 6.07) is 5.94. The highest BCUT2D eigenvalue weighted by atomic mass is 16.5. The maximum absolute atomic E-state index is 11.3. The second kappa shape index (κ2) is 7.61. The number of aliphatic hydroxyl groups is 1. The average Bonchev–Trinajstić information content (AvgIpc) is 2.89. The van der Waals surface area contributed by atoms with Crippen molar-refractivity contribution in [3.8, 4) is 5.75 Å². The summed E-state index contributed by atoms with van der Waals surface area (Å²) in [4.78, 5) is 11.3. The van der Waals surface area contributed by atoms with Crippen molar-refractivity contribution >= 4 is 11.6 Å². The largest absolute Gasteiger partial charge is 0.495 e. The molecule has 0 aliphatic heterocycles.